The molecule has 1 fully saturated rings. The minimum atomic E-state index is -1.87. The first-order chi connectivity index (χ1) is 32.9. The van der Waals surface area contributed by atoms with Crippen molar-refractivity contribution in [2.45, 2.75) is 117 Å². The molecule has 2 aromatic carbocycles. The molecule has 0 saturated carbocycles. The van der Waals surface area contributed by atoms with Gasteiger partial charge in [0, 0.05) is 32.9 Å². The van der Waals surface area contributed by atoms with Crippen molar-refractivity contribution in [3.05, 3.63) is 108 Å². The number of allylic oxidation sites excluding steroid dienone is 2. The molecule has 1 aliphatic rings. The van der Waals surface area contributed by atoms with Crippen LogP contribution in [0.1, 0.15) is 72.4 Å². The van der Waals surface area contributed by atoms with E-state index in [0.29, 0.717) is 12.0 Å². The summed E-state index contributed by atoms with van der Waals surface area (Å²) >= 11 is 0. The predicted octanol–water partition coefficient (Wildman–Crippen LogP) is 2.42. The van der Waals surface area contributed by atoms with Crippen molar-refractivity contribution in [2.75, 3.05) is 14.2 Å². The smallest absolute Gasteiger partial charge is 0.327 e. The molecule has 3 rings (SSSR count). The van der Waals surface area contributed by atoms with Crippen LogP contribution in [0.5, 0.6) is 0 Å². The zero-order valence-electron chi connectivity index (χ0n) is 41.3. The third-order valence-corrected chi connectivity index (χ3v) is 12.2. The second-order valence-electron chi connectivity index (χ2n) is 18.0. The molecule has 7 amide bonds. The van der Waals surface area contributed by atoms with Gasteiger partial charge in [-0.15, -0.1) is 0 Å². The van der Waals surface area contributed by atoms with Gasteiger partial charge in [0.1, 0.15) is 35.9 Å². The molecule has 19 heteroatoms. The molecule has 0 bridgehead atoms. The fraction of sp³-hybridized carbons (Fsp3) is 0.471. The van der Waals surface area contributed by atoms with Gasteiger partial charge in [-0.1, -0.05) is 126 Å². The van der Waals surface area contributed by atoms with E-state index in [1.165, 1.54) is 27.8 Å². The number of benzene rings is 2. The Hall–Kier alpha value is -7.15. The highest BCUT2D eigenvalue weighted by Gasteiger charge is 2.38. The third kappa shape index (κ3) is 17.1. The average Bonchev–Trinajstić information content (AvgIpc) is 3.32. The van der Waals surface area contributed by atoms with Crippen molar-refractivity contribution < 1.29 is 58.1 Å². The number of methoxy groups -OCH3 is 1. The second-order valence-corrected chi connectivity index (χ2v) is 18.0. The number of carbonyl (C=O) groups is 9. The van der Waals surface area contributed by atoms with Crippen molar-refractivity contribution in [1.82, 2.24) is 36.8 Å². The third-order valence-electron chi connectivity index (χ3n) is 12.2. The van der Waals surface area contributed by atoms with Crippen molar-refractivity contribution in [3.63, 3.8) is 0 Å². The summed E-state index contributed by atoms with van der Waals surface area (Å²) in [6, 6.07) is 9.59. The number of nitrogens with one attached hydrogen (secondary N) is 6. The first-order valence-corrected chi connectivity index (χ1v) is 23.2. The molecule has 0 unspecified atom stereocenters. The molecule has 1 heterocycles. The van der Waals surface area contributed by atoms with E-state index in [2.05, 4.69) is 38.5 Å². The Kier molecular flexibility index (Phi) is 22.2. The molecule has 0 radical (unpaired) electrons. The Morgan fingerprint density at radius 2 is 1.34 bits per heavy atom. The van der Waals surface area contributed by atoms with Crippen LogP contribution in [0, 0.1) is 23.7 Å². The number of amides is 7. The van der Waals surface area contributed by atoms with Crippen LogP contribution >= 0.6 is 0 Å². The lowest BCUT2D eigenvalue weighted by Crippen LogP contribution is -2.59. The van der Waals surface area contributed by atoms with E-state index >= 15 is 0 Å². The quantitative estimate of drug-likeness (QED) is 0.113. The van der Waals surface area contributed by atoms with E-state index < -0.39 is 126 Å². The van der Waals surface area contributed by atoms with Gasteiger partial charge in [-0.05, 0) is 43.7 Å². The number of carbonyl (C=O) groups excluding carboxylic acids is 7. The maximum atomic E-state index is 14.2. The monoisotopic (exact) mass is 972 g/mol. The molecule has 380 valence electrons. The Morgan fingerprint density at radius 3 is 1.90 bits per heavy atom. The van der Waals surface area contributed by atoms with Crippen molar-refractivity contribution in [3.8, 4) is 0 Å². The zero-order valence-corrected chi connectivity index (χ0v) is 41.3. The lowest BCUT2D eigenvalue weighted by Gasteiger charge is -2.29. The van der Waals surface area contributed by atoms with Crippen LogP contribution in [0.15, 0.2) is 96.7 Å². The van der Waals surface area contributed by atoms with Gasteiger partial charge >= 0.3 is 11.9 Å². The topological polar surface area (TPSA) is 279 Å². The number of rotatable bonds is 12. The standard InChI is InChI=1S/C51H69N7O12/c1-28(2)42-49(65)53-37(22-21-29(3)25-30(4)40(70-10)27-36-19-15-12-16-20-36)31(5)44(60)54-38(50(66)67)23-24-41(59)58(9)34(8)47(63)52-33(7)46(62)55-39(26-35-17-13-11-14-18-35)48(64)57-43(51(68)69)32(6)45(61)56-42/h11-22,25,28,30-33,37-40,42-43H,8,23-24,26-27H2,1-7,9-10H3,(H,52,63)(H,53,65)(H,54,60)(H,55,62)(H,56,61)(H,57,64)(H,66,67)(H,68,69)/b22-21+,29-25+/t30-,31-,32-,33+,37-,38+,39-,40-,42-,43+/m0/s1. The van der Waals surface area contributed by atoms with E-state index in [9.17, 15) is 53.4 Å². The molecular formula is C51H69N7O12. The van der Waals surface area contributed by atoms with Gasteiger partial charge < -0.3 is 51.8 Å². The van der Waals surface area contributed by atoms with Crippen LogP contribution < -0.4 is 31.9 Å². The number of hydrogen-bond donors (Lipinski definition) is 8. The maximum Gasteiger partial charge on any atom is 0.327 e. The Bertz CT molecular complexity index is 2270. The van der Waals surface area contributed by atoms with Gasteiger partial charge in [0.05, 0.1) is 24.0 Å². The molecule has 0 spiro atoms. The zero-order chi connectivity index (χ0) is 52.4. The van der Waals surface area contributed by atoms with Crippen molar-refractivity contribution in [2.24, 2.45) is 23.7 Å². The van der Waals surface area contributed by atoms with Gasteiger partial charge in [0.25, 0.3) is 5.91 Å². The Balaban J connectivity index is 2.08. The number of carboxylic acids is 2. The van der Waals surface area contributed by atoms with E-state index in [0.717, 1.165) is 16.0 Å². The fourth-order valence-electron chi connectivity index (χ4n) is 7.55. The van der Waals surface area contributed by atoms with Crippen molar-refractivity contribution in [1.29, 1.82) is 0 Å². The molecule has 70 heavy (non-hydrogen) atoms. The summed E-state index contributed by atoms with van der Waals surface area (Å²) in [7, 11) is 2.84. The molecular weight excluding hydrogens is 903 g/mol. The highest BCUT2D eigenvalue weighted by Crippen LogP contribution is 2.19. The fourth-order valence-corrected chi connectivity index (χ4v) is 7.55. The average molecular weight is 972 g/mol. The molecule has 2 aromatic rings. The minimum absolute atomic E-state index is 0.0977. The predicted molar refractivity (Wildman–Crippen MR) is 260 cm³/mol. The molecule has 0 aromatic heterocycles. The molecule has 1 saturated heterocycles. The summed E-state index contributed by atoms with van der Waals surface area (Å²) < 4.78 is 5.81. The lowest BCUT2D eigenvalue weighted by molar-refractivity contribution is -0.146. The Labute approximate surface area is 409 Å². The number of likely N-dealkylation sites (N-methyl/N-ethyl adjacent to an activating group) is 1. The number of nitrogens with zero attached hydrogens (tertiary/aromatic N) is 1. The summed E-state index contributed by atoms with van der Waals surface area (Å²) in [6.45, 7) is 14.7. The maximum absolute atomic E-state index is 14.2. The second kappa shape index (κ2) is 27.1. The van der Waals surface area contributed by atoms with Gasteiger partial charge in [-0.25, -0.2) is 9.59 Å². The number of hydrogen-bond acceptors (Lipinski definition) is 10. The normalized spacial score (nSPS) is 25.6. The molecule has 1 aliphatic heterocycles. The number of aliphatic carboxylic acids is 2. The largest absolute Gasteiger partial charge is 0.480 e. The Morgan fingerprint density at radius 1 is 0.757 bits per heavy atom. The van der Waals surface area contributed by atoms with Crippen LogP contribution in [0.2, 0.25) is 0 Å². The number of carboxylic acid groups (broad SMARTS) is 2. The highest BCUT2D eigenvalue weighted by atomic mass is 16.5. The first kappa shape index (κ1) is 57.2. The van der Waals surface area contributed by atoms with Gasteiger partial charge in [-0.2, -0.15) is 0 Å². The molecule has 19 nitrogen and oxygen atoms in total. The summed E-state index contributed by atoms with van der Waals surface area (Å²) in [5.74, 6) is -12.5. The van der Waals surface area contributed by atoms with Gasteiger partial charge in [0.15, 0.2) is 0 Å². The first-order valence-electron chi connectivity index (χ1n) is 23.2. The van der Waals surface area contributed by atoms with E-state index in [1.54, 1.807) is 63.4 Å². The SMILES string of the molecule is C=C1C(=O)N[C@H](C)C(=O)N[C@@H](Cc2ccccc2)C(=O)N[C@@H](C(=O)O)[C@H](C)C(=O)N[C@@H](C(C)C)C(=O)N[C@@H](/C=C/C(C)=C/[C@H](C)[C@H](Cc2ccccc2)OC)[C@H](C)C(=O)N[C@@H](C(=O)O)CCC(=O)N1C. The van der Waals surface area contributed by atoms with Crippen LogP contribution in [0.4, 0.5) is 0 Å². The van der Waals surface area contributed by atoms with E-state index in [-0.39, 0.29) is 18.4 Å². The van der Waals surface area contributed by atoms with E-state index in [4.69, 9.17) is 4.74 Å². The van der Waals surface area contributed by atoms with Crippen molar-refractivity contribution >= 4 is 53.3 Å². The molecule has 10 atom stereocenters. The number of ether oxygens (including phenoxy) is 1. The van der Waals surface area contributed by atoms with Crippen LogP contribution in [-0.2, 0) is 60.7 Å². The van der Waals surface area contributed by atoms with Gasteiger partial charge in [-0.3, -0.25) is 33.6 Å². The van der Waals surface area contributed by atoms with Crippen LogP contribution in [0.3, 0.4) is 0 Å². The van der Waals surface area contributed by atoms with Crippen LogP contribution in [0.25, 0.3) is 0 Å². The van der Waals surface area contributed by atoms with Crippen LogP contribution in [-0.4, -0.2) is 125 Å². The van der Waals surface area contributed by atoms with E-state index in [1.807, 2.05) is 50.3 Å². The summed E-state index contributed by atoms with van der Waals surface area (Å²) in [5.41, 5.74) is 1.98. The molecule has 8 N–H and O–H groups in total. The minimum Gasteiger partial charge on any atom is -0.480 e. The van der Waals surface area contributed by atoms with Gasteiger partial charge in [0.2, 0.25) is 35.4 Å². The summed E-state index contributed by atoms with van der Waals surface area (Å²) in [6.07, 6.45) is 4.61. The lowest BCUT2D eigenvalue weighted by atomic mass is 9.94. The summed E-state index contributed by atoms with van der Waals surface area (Å²) in [5, 5.41) is 35.6. The molecule has 0 aliphatic carbocycles. The highest BCUT2D eigenvalue weighted by molar-refractivity contribution is 6.00. The summed E-state index contributed by atoms with van der Waals surface area (Å²) in [4.78, 5) is 122.